The molecule has 0 saturated heterocycles. The maximum absolute atomic E-state index is 6.13. The van der Waals surface area contributed by atoms with Crippen molar-refractivity contribution in [2.45, 2.75) is 44.7 Å². The van der Waals surface area contributed by atoms with Gasteiger partial charge in [-0.25, -0.2) is 0 Å². The van der Waals surface area contributed by atoms with Crippen molar-refractivity contribution in [3.05, 3.63) is 59.1 Å². The Kier molecular flexibility index (Phi) is 4.48. The van der Waals surface area contributed by atoms with E-state index >= 15 is 0 Å². The van der Waals surface area contributed by atoms with Crippen LogP contribution in [0.1, 0.15) is 44.4 Å². The molecule has 3 unspecified atom stereocenters. The molecule has 2 N–H and O–H groups in total. The van der Waals surface area contributed by atoms with Gasteiger partial charge in [0.05, 0.1) is 0 Å². The molecule has 1 fully saturated rings. The minimum Gasteiger partial charge on any atom is -0.459 e. The van der Waals surface area contributed by atoms with E-state index in [0.717, 1.165) is 23.5 Å². The predicted molar refractivity (Wildman–Crippen MR) is 98.5 cm³/mol. The van der Waals surface area contributed by atoms with Crippen molar-refractivity contribution in [2.24, 2.45) is 11.7 Å². The molecule has 25 heavy (non-hydrogen) atoms. The number of nitrogens with two attached hydrogens (primary N) is 1. The number of halogens is 1. The Hall–Kier alpha value is -1.91. The van der Waals surface area contributed by atoms with Gasteiger partial charge in [-0.15, -0.1) is 5.06 Å². The van der Waals surface area contributed by atoms with Gasteiger partial charge in [0.25, 0.3) is 0 Å². The Labute approximate surface area is 153 Å². The molecule has 2 aromatic rings. The van der Waals surface area contributed by atoms with Crippen molar-refractivity contribution in [2.75, 3.05) is 0 Å². The number of hydrogen-bond donors (Lipinski definition) is 1. The predicted octanol–water partition coefficient (Wildman–Crippen LogP) is 5.27. The topological polar surface area (TPSA) is 51.6 Å². The average Bonchev–Trinajstić information content (AvgIpc) is 3.22. The van der Waals surface area contributed by atoms with E-state index in [0.29, 0.717) is 22.9 Å². The second-order valence-corrected chi connectivity index (χ2v) is 7.44. The first-order valence-electron chi connectivity index (χ1n) is 8.91. The minimum atomic E-state index is -0.0847. The molecule has 4 rings (SSSR count). The van der Waals surface area contributed by atoms with Crippen LogP contribution in [0.4, 0.5) is 0 Å². The number of furan rings is 1. The van der Waals surface area contributed by atoms with Crippen molar-refractivity contribution in [3.8, 4) is 11.3 Å². The highest BCUT2D eigenvalue weighted by Gasteiger charge is 2.38. The lowest BCUT2D eigenvalue weighted by Gasteiger charge is -2.37. The fourth-order valence-electron chi connectivity index (χ4n) is 3.90. The Balaban J connectivity index is 1.61. The normalized spacial score (nSPS) is 27.1. The van der Waals surface area contributed by atoms with E-state index in [1.165, 1.54) is 19.3 Å². The van der Waals surface area contributed by atoms with Gasteiger partial charge in [-0.05, 0) is 43.0 Å². The summed E-state index contributed by atoms with van der Waals surface area (Å²) in [6.07, 6.45) is 6.80. The third-order valence-corrected chi connectivity index (χ3v) is 5.46. The van der Waals surface area contributed by atoms with E-state index in [-0.39, 0.29) is 6.04 Å². The van der Waals surface area contributed by atoms with Crippen LogP contribution in [0.2, 0.25) is 5.02 Å². The monoisotopic (exact) mass is 358 g/mol. The molecule has 1 saturated carbocycles. The standard InChI is InChI=1S/C20H23ClN2O2/c1-13-5-2-3-8-16(13)23-17(12-20(22)25-23)19-10-9-18(24-19)14-6-4-7-15(21)11-14/h4,6-7,9-13,16-17H,2-3,5,8,22H2,1H3. The molecule has 0 spiro atoms. The summed E-state index contributed by atoms with van der Waals surface area (Å²) in [7, 11) is 0. The summed E-state index contributed by atoms with van der Waals surface area (Å²) in [6, 6.07) is 11.9. The second kappa shape index (κ2) is 6.77. The molecule has 0 bridgehead atoms. The summed E-state index contributed by atoms with van der Waals surface area (Å²) < 4.78 is 6.13. The van der Waals surface area contributed by atoms with Crippen LogP contribution in [-0.2, 0) is 4.84 Å². The fourth-order valence-corrected chi connectivity index (χ4v) is 4.09. The van der Waals surface area contributed by atoms with Gasteiger partial charge in [0.15, 0.2) is 0 Å². The molecule has 4 nitrogen and oxygen atoms in total. The Bertz CT molecular complexity index is 786. The molecule has 2 heterocycles. The molecule has 1 aliphatic heterocycles. The van der Waals surface area contributed by atoms with E-state index in [2.05, 4.69) is 6.92 Å². The van der Waals surface area contributed by atoms with E-state index in [9.17, 15) is 0 Å². The first-order valence-corrected chi connectivity index (χ1v) is 9.29. The molecule has 0 amide bonds. The van der Waals surface area contributed by atoms with Crippen LogP contribution < -0.4 is 5.73 Å². The van der Waals surface area contributed by atoms with Crippen LogP contribution >= 0.6 is 11.6 Å². The number of hydrogen-bond acceptors (Lipinski definition) is 4. The zero-order valence-corrected chi connectivity index (χ0v) is 15.1. The molecular formula is C20H23ClN2O2. The van der Waals surface area contributed by atoms with Gasteiger partial charge in [0, 0.05) is 22.7 Å². The quantitative estimate of drug-likeness (QED) is 0.812. The van der Waals surface area contributed by atoms with Crippen molar-refractivity contribution < 1.29 is 9.25 Å². The molecule has 5 heteroatoms. The van der Waals surface area contributed by atoms with Gasteiger partial charge in [-0.2, -0.15) is 0 Å². The van der Waals surface area contributed by atoms with E-state index in [1.807, 2.05) is 47.5 Å². The van der Waals surface area contributed by atoms with Gasteiger partial charge in [0.1, 0.15) is 17.6 Å². The van der Waals surface area contributed by atoms with Crippen LogP contribution in [0, 0.1) is 5.92 Å². The maximum Gasteiger partial charge on any atom is 0.207 e. The molecule has 1 aromatic heterocycles. The molecule has 0 radical (unpaired) electrons. The van der Waals surface area contributed by atoms with Crippen LogP contribution in [0.3, 0.4) is 0 Å². The smallest absolute Gasteiger partial charge is 0.207 e. The number of hydroxylamine groups is 2. The van der Waals surface area contributed by atoms with Gasteiger partial charge in [-0.3, -0.25) is 0 Å². The highest BCUT2D eigenvalue weighted by atomic mass is 35.5. The number of nitrogens with zero attached hydrogens (tertiary/aromatic N) is 1. The minimum absolute atomic E-state index is 0.0847. The third-order valence-electron chi connectivity index (χ3n) is 5.23. The Morgan fingerprint density at radius 1 is 1.16 bits per heavy atom. The first kappa shape index (κ1) is 16.6. The van der Waals surface area contributed by atoms with Gasteiger partial charge in [0.2, 0.25) is 5.88 Å². The van der Waals surface area contributed by atoms with E-state index < -0.39 is 0 Å². The van der Waals surface area contributed by atoms with Crippen LogP contribution in [-0.4, -0.2) is 11.1 Å². The number of rotatable bonds is 3. The summed E-state index contributed by atoms with van der Waals surface area (Å²) in [5.74, 6) is 2.67. The van der Waals surface area contributed by atoms with Crippen molar-refractivity contribution in [1.82, 2.24) is 5.06 Å². The van der Waals surface area contributed by atoms with Crippen molar-refractivity contribution >= 4 is 11.6 Å². The summed E-state index contributed by atoms with van der Waals surface area (Å²) in [5, 5.41) is 2.72. The fraction of sp³-hybridized carbons (Fsp3) is 0.400. The van der Waals surface area contributed by atoms with E-state index in [1.54, 1.807) is 0 Å². The molecule has 2 aliphatic rings. The lowest BCUT2D eigenvalue weighted by molar-refractivity contribution is -0.173. The summed E-state index contributed by atoms with van der Waals surface area (Å²) in [5.41, 5.74) is 6.95. The van der Waals surface area contributed by atoms with E-state index in [4.69, 9.17) is 26.6 Å². The lowest BCUT2D eigenvalue weighted by atomic mass is 9.85. The highest BCUT2D eigenvalue weighted by molar-refractivity contribution is 6.30. The maximum atomic E-state index is 6.13. The zero-order chi connectivity index (χ0) is 17.4. The molecule has 1 aliphatic carbocycles. The SMILES string of the molecule is CC1CCCCC1N1OC(N)=CC1c1ccc(-c2cccc(Cl)c2)o1. The van der Waals surface area contributed by atoms with Gasteiger partial charge in [-0.1, -0.05) is 43.5 Å². The lowest BCUT2D eigenvalue weighted by Crippen LogP contribution is -2.41. The summed E-state index contributed by atoms with van der Waals surface area (Å²) in [6.45, 7) is 2.29. The Morgan fingerprint density at radius 2 is 2.00 bits per heavy atom. The molecule has 1 aromatic carbocycles. The van der Waals surface area contributed by atoms with Crippen LogP contribution in [0.15, 0.2) is 52.8 Å². The van der Waals surface area contributed by atoms with Crippen LogP contribution in [0.5, 0.6) is 0 Å². The first-order chi connectivity index (χ1) is 12.1. The largest absolute Gasteiger partial charge is 0.459 e. The second-order valence-electron chi connectivity index (χ2n) is 7.01. The van der Waals surface area contributed by atoms with Gasteiger partial charge >= 0.3 is 0 Å². The molecule has 132 valence electrons. The van der Waals surface area contributed by atoms with Crippen molar-refractivity contribution in [3.63, 3.8) is 0 Å². The third kappa shape index (κ3) is 3.29. The summed E-state index contributed by atoms with van der Waals surface area (Å²) in [4.78, 5) is 5.86. The average molecular weight is 359 g/mol. The number of benzene rings is 1. The van der Waals surface area contributed by atoms with Crippen LogP contribution in [0.25, 0.3) is 11.3 Å². The highest BCUT2D eigenvalue weighted by Crippen LogP contribution is 2.40. The van der Waals surface area contributed by atoms with Gasteiger partial charge < -0.3 is 15.0 Å². The Morgan fingerprint density at radius 3 is 2.80 bits per heavy atom. The summed E-state index contributed by atoms with van der Waals surface area (Å²) >= 11 is 6.09. The zero-order valence-electron chi connectivity index (χ0n) is 14.3. The van der Waals surface area contributed by atoms with Crippen molar-refractivity contribution in [1.29, 1.82) is 0 Å². The molecule has 3 atom stereocenters. The molecular weight excluding hydrogens is 336 g/mol.